The fourth-order valence-electron chi connectivity index (χ4n) is 3.45. The second kappa shape index (κ2) is 7.15. The van der Waals surface area contributed by atoms with E-state index in [1.807, 2.05) is 6.92 Å². The van der Waals surface area contributed by atoms with Crippen LogP contribution in [0.1, 0.15) is 61.0 Å². The lowest BCUT2D eigenvalue weighted by Gasteiger charge is -2.17. The van der Waals surface area contributed by atoms with Crippen molar-refractivity contribution in [3.63, 3.8) is 0 Å². The van der Waals surface area contributed by atoms with E-state index in [0.717, 1.165) is 48.1 Å². The molecule has 0 aliphatic heterocycles. The van der Waals surface area contributed by atoms with Gasteiger partial charge in [0.25, 0.3) is 5.56 Å². The number of aromatic amines is 2. The van der Waals surface area contributed by atoms with Crippen molar-refractivity contribution in [2.24, 2.45) is 5.92 Å². The number of aromatic nitrogens is 5. The van der Waals surface area contributed by atoms with E-state index >= 15 is 0 Å². The predicted molar refractivity (Wildman–Crippen MR) is 106 cm³/mol. The summed E-state index contributed by atoms with van der Waals surface area (Å²) in [7, 11) is 0. The molecule has 0 amide bonds. The van der Waals surface area contributed by atoms with Gasteiger partial charge in [-0.25, -0.2) is 9.97 Å². The summed E-state index contributed by atoms with van der Waals surface area (Å²) in [5.41, 5.74) is 1.22. The molecule has 3 aromatic rings. The average Bonchev–Trinajstić information content (AvgIpc) is 3.18. The molecule has 0 bridgehead atoms. The van der Waals surface area contributed by atoms with Crippen LogP contribution in [0.2, 0.25) is 0 Å². The van der Waals surface area contributed by atoms with Gasteiger partial charge in [-0.05, 0) is 44.1 Å². The van der Waals surface area contributed by atoms with Crippen molar-refractivity contribution in [2.45, 2.75) is 63.3 Å². The minimum Gasteiger partial charge on any atom is -0.309 e. The van der Waals surface area contributed by atoms with Gasteiger partial charge < -0.3 is 4.98 Å². The largest absolute Gasteiger partial charge is 0.309 e. The van der Waals surface area contributed by atoms with Crippen molar-refractivity contribution < 1.29 is 0 Å². The van der Waals surface area contributed by atoms with Crippen LogP contribution >= 0.6 is 23.1 Å². The highest BCUT2D eigenvalue weighted by atomic mass is 32.2. The molecule has 0 aromatic carbocycles. The summed E-state index contributed by atoms with van der Waals surface area (Å²) in [5, 5.41) is 8.71. The minimum atomic E-state index is -0.0181. The zero-order valence-electron chi connectivity index (χ0n) is 15.3. The first-order chi connectivity index (χ1) is 12.5. The molecule has 26 heavy (non-hydrogen) atoms. The lowest BCUT2D eigenvalue weighted by molar-refractivity contribution is 0.509. The second-order valence-corrected chi connectivity index (χ2v) is 9.45. The number of hydrogen-bond acceptors (Lipinski definition) is 6. The van der Waals surface area contributed by atoms with Gasteiger partial charge in [0.2, 0.25) is 5.16 Å². The van der Waals surface area contributed by atoms with Crippen LogP contribution in [0, 0.1) is 5.92 Å². The topological polar surface area (TPSA) is 87.3 Å². The fraction of sp³-hybridized carbons (Fsp3) is 0.556. The molecule has 2 unspecified atom stereocenters. The van der Waals surface area contributed by atoms with Crippen LogP contribution in [0.4, 0.5) is 0 Å². The number of aryl methyl sites for hydroxylation is 2. The smallest absolute Gasteiger partial charge is 0.259 e. The highest BCUT2D eigenvalue weighted by Gasteiger charge is 2.24. The van der Waals surface area contributed by atoms with E-state index in [0.29, 0.717) is 16.9 Å². The third-order valence-electron chi connectivity index (χ3n) is 4.85. The Hall–Kier alpha value is -1.67. The van der Waals surface area contributed by atoms with Crippen molar-refractivity contribution in [1.29, 1.82) is 0 Å². The predicted octanol–water partition coefficient (Wildman–Crippen LogP) is 4.03. The first-order valence-corrected chi connectivity index (χ1v) is 10.9. The molecule has 0 radical (unpaired) electrons. The van der Waals surface area contributed by atoms with Gasteiger partial charge in [-0.15, -0.1) is 16.4 Å². The van der Waals surface area contributed by atoms with Crippen LogP contribution in [-0.4, -0.2) is 25.1 Å². The summed E-state index contributed by atoms with van der Waals surface area (Å²) in [6.07, 6.45) is 5.12. The molecular weight excluding hydrogens is 366 g/mol. The van der Waals surface area contributed by atoms with E-state index in [1.54, 1.807) is 11.3 Å². The summed E-state index contributed by atoms with van der Waals surface area (Å²) < 4.78 is 0. The summed E-state index contributed by atoms with van der Waals surface area (Å²) in [6.45, 7) is 6.42. The fourth-order valence-corrected chi connectivity index (χ4v) is 5.64. The first kappa shape index (κ1) is 17.7. The van der Waals surface area contributed by atoms with Crippen molar-refractivity contribution in [2.75, 3.05) is 0 Å². The number of H-pyrrole nitrogens is 2. The molecule has 8 heteroatoms. The maximum absolute atomic E-state index is 12.7. The van der Waals surface area contributed by atoms with Gasteiger partial charge in [-0.2, -0.15) is 0 Å². The van der Waals surface area contributed by atoms with Crippen LogP contribution in [0.5, 0.6) is 0 Å². The third-order valence-corrected chi connectivity index (χ3v) is 6.97. The molecule has 6 nitrogen and oxygen atoms in total. The van der Waals surface area contributed by atoms with E-state index in [9.17, 15) is 4.79 Å². The maximum atomic E-state index is 12.7. The molecule has 0 fully saturated rings. The van der Waals surface area contributed by atoms with Gasteiger partial charge in [0.1, 0.15) is 16.5 Å². The molecular formula is C18H23N5OS2. The van der Waals surface area contributed by atoms with Gasteiger partial charge >= 0.3 is 0 Å². The van der Waals surface area contributed by atoms with Gasteiger partial charge in [0, 0.05) is 11.3 Å². The molecule has 0 saturated carbocycles. The van der Waals surface area contributed by atoms with Crippen LogP contribution in [-0.2, 0) is 19.3 Å². The number of nitrogens with one attached hydrogen (secondary N) is 2. The molecule has 0 saturated heterocycles. The molecule has 1 aliphatic carbocycles. The Balaban J connectivity index is 1.63. The normalized spacial score (nSPS) is 18.2. The van der Waals surface area contributed by atoms with E-state index in [-0.39, 0.29) is 10.8 Å². The second-order valence-electron chi connectivity index (χ2n) is 7.06. The van der Waals surface area contributed by atoms with Crippen molar-refractivity contribution in [3.8, 4) is 0 Å². The maximum Gasteiger partial charge on any atom is 0.259 e. The van der Waals surface area contributed by atoms with Crippen molar-refractivity contribution in [3.05, 3.63) is 32.4 Å². The summed E-state index contributed by atoms with van der Waals surface area (Å²) >= 11 is 3.20. The zero-order chi connectivity index (χ0) is 18.3. The first-order valence-electron chi connectivity index (χ1n) is 9.17. The third kappa shape index (κ3) is 3.32. The van der Waals surface area contributed by atoms with Crippen molar-refractivity contribution in [1.82, 2.24) is 25.1 Å². The Morgan fingerprint density at radius 2 is 2.23 bits per heavy atom. The Labute approximate surface area is 160 Å². The zero-order valence-corrected chi connectivity index (χ0v) is 16.9. The van der Waals surface area contributed by atoms with E-state index in [1.165, 1.54) is 22.2 Å². The van der Waals surface area contributed by atoms with Crippen LogP contribution in [0.25, 0.3) is 10.2 Å². The van der Waals surface area contributed by atoms with E-state index in [4.69, 9.17) is 4.98 Å². The summed E-state index contributed by atoms with van der Waals surface area (Å²) in [6, 6.07) is 0. The molecule has 3 aromatic heterocycles. The Morgan fingerprint density at radius 1 is 1.38 bits per heavy atom. The molecule has 3 heterocycles. The Bertz CT molecular complexity index is 989. The summed E-state index contributed by atoms with van der Waals surface area (Å²) in [4.78, 5) is 27.2. The van der Waals surface area contributed by atoms with Crippen LogP contribution in [0.3, 0.4) is 0 Å². The molecule has 2 atom stereocenters. The number of thioether (sulfide) groups is 1. The lowest BCUT2D eigenvalue weighted by Crippen LogP contribution is -2.15. The average molecular weight is 390 g/mol. The van der Waals surface area contributed by atoms with E-state index < -0.39 is 0 Å². The SMILES string of the molecule is CCCc1nc(SC(C)c2nc3sc4c(c3c(=O)[nH]2)CCC(C)C4)n[nH]1. The Kier molecular flexibility index (Phi) is 4.88. The summed E-state index contributed by atoms with van der Waals surface area (Å²) in [5.74, 6) is 2.28. The number of nitrogens with zero attached hydrogens (tertiary/aromatic N) is 3. The van der Waals surface area contributed by atoms with Crippen LogP contribution < -0.4 is 5.56 Å². The number of thiophene rings is 1. The Morgan fingerprint density at radius 3 is 3.04 bits per heavy atom. The van der Waals surface area contributed by atoms with Crippen LogP contribution in [0.15, 0.2) is 9.95 Å². The number of rotatable bonds is 5. The van der Waals surface area contributed by atoms with Gasteiger partial charge in [-0.1, -0.05) is 25.6 Å². The highest BCUT2D eigenvalue weighted by Crippen LogP contribution is 2.37. The number of fused-ring (bicyclic) bond motifs is 3. The van der Waals surface area contributed by atoms with Crippen molar-refractivity contribution >= 4 is 33.3 Å². The van der Waals surface area contributed by atoms with E-state index in [2.05, 4.69) is 34.0 Å². The molecule has 0 spiro atoms. The highest BCUT2D eigenvalue weighted by molar-refractivity contribution is 7.99. The molecule has 4 rings (SSSR count). The monoisotopic (exact) mass is 389 g/mol. The lowest BCUT2D eigenvalue weighted by atomic mass is 9.89. The van der Waals surface area contributed by atoms with Gasteiger partial charge in [-0.3, -0.25) is 9.89 Å². The minimum absolute atomic E-state index is 0.00818. The quantitative estimate of drug-likeness (QED) is 0.643. The standard InChI is InChI=1S/C18H23N5OS2/c1-4-5-13-19-18(23-22-13)25-10(3)15-20-16(24)14-11-7-6-9(2)8-12(11)26-17(14)21-15/h9-10H,4-8H2,1-3H3,(H,19,22,23)(H,20,21,24). The van der Waals surface area contributed by atoms with Gasteiger partial charge in [0.05, 0.1) is 10.6 Å². The molecule has 1 aliphatic rings. The molecule has 138 valence electrons. The molecule has 2 N–H and O–H groups in total. The van der Waals surface area contributed by atoms with Gasteiger partial charge in [0.15, 0.2) is 0 Å². The number of hydrogen-bond donors (Lipinski definition) is 2.